The molecule has 0 heterocycles. The third-order valence-electron chi connectivity index (χ3n) is 4.48. The molecule has 0 radical (unpaired) electrons. The van der Waals surface area contributed by atoms with Gasteiger partial charge in [0.1, 0.15) is 18.1 Å². The van der Waals surface area contributed by atoms with Crippen LogP contribution in [0.4, 0.5) is 0 Å². The van der Waals surface area contributed by atoms with Gasteiger partial charge in [-0.15, -0.1) is 0 Å². The third kappa shape index (κ3) is 3.64. The summed E-state index contributed by atoms with van der Waals surface area (Å²) in [6, 6.07) is 3.18. The van der Waals surface area contributed by atoms with Gasteiger partial charge in [-0.1, -0.05) is 31.0 Å². The highest BCUT2D eigenvalue weighted by Gasteiger charge is 2.18. The average molecular weight is 323 g/mol. The Hall–Kier alpha value is -1.48. The molecule has 1 unspecified atom stereocenters. The van der Waals surface area contributed by atoms with Crippen LogP contribution < -0.4 is 4.74 Å². The van der Waals surface area contributed by atoms with Crippen LogP contribution in [0.25, 0.3) is 0 Å². The average Bonchev–Trinajstić information content (AvgIpc) is 2.55. The summed E-state index contributed by atoms with van der Waals surface area (Å²) in [5.41, 5.74) is 2.96. The zero-order valence-electron chi connectivity index (χ0n) is 13.2. The SMILES string of the molecule is CCC(C)C1=C(COc2ccc(Cl)c(O)c2C=O)CCCC1. The largest absolute Gasteiger partial charge is 0.505 e. The molecule has 0 aromatic heterocycles. The maximum atomic E-state index is 11.2. The summed E-state index contributed by atoms with van der Waals surface area (Å²) in [6.07, 6.45) is 6.33. The van der Waals surface area contributed by atoms with Gasteiger partial charge in [-0.05, 0) is 55.7 Å². The maximum absolute atomic E-state index is 11.2. The molecule has 0 saturated carbocycles. The van der Waals surface area contributed by atoms with Gasteiger partial charge in [-0.25, -0.2) is 0 Å². The van der Waals surface area contributed by atoms with E-state index in [1.807, 2.05) is 0 Å². The number of phenolic OH excluding ortho intramolecular Hbond substituents is 1. The quantitative estimate of drug-likeness (QED) is 0.581. The molecule has 0 aliphatic heterocycles. The highest BCUT2D eigenvalue weighted by atomic mass is 35.5. The molecule has 0 fully saturated rings. The van der Waals surface area contributed by atoms with Crippen molar-refractivity contribution in [3.05, 3.63) is 33.9 Å². The minimum absolute atomic E-state index is 0.119. The van der Waals surface area contributed by atoms with Crippen LogP contribution in [0, 0.1) is 5.92 Å². The molecule has 0 bridgehead atoms. The first-order valence-electron chi connectivity index (χ1n) is 7.88. The lowest BCUT2D eigenvalue weighted by Gasteiger charge is -2.25. The van der Waals surface area contributed by atoms with Gasteiger partial charge < -0.3 is 9.84 Å². The van der Waals surface area contributed by atoms with Gasteiger partial charge >= 0.3 is 0 Å². The van der Waals surface area contributed by atoms with Gasteiger partial charge in [0.05, 0.1) is 10.6 Å². The summed E-state index contributed by atoms with van der Waals surface area (Å²) in [6.45, 7) is 4.93. The van der Waals surface area contributed by atoms with Crippen LogP contribution in [0.2, 0.25) is 5.02 Å². The molecular formula is C18H23ClO3. The Balaban J connectivity index is 2.20. The van der Waals surface area contributed by atoms with Crippen molar-refractivity contribution in [3.63, 3.8) is 0 Å². The lowest BCUT2D eigenvalue weighted by molar-refractivity contribution is 0.111. The number of carbonyl (C=O) groups excluding carboxylic acids is 1. The van der Waals surface area contributed by atoms with Crippen LogP contribution in [0.3, 0.4) is 0 Å². The zero-order valence-corrected chi connectivity index (χ0v) is 13.9. The van der Waals surface area contributed by atoms with E-state index in [1.165, 1.54) is 24.0 Å². The predicted molar refractivity (Wildman–Crippen MR) is 88.9 cm³/mol. The lowest BCUT2D eigenvalue weighted by atomic mass is 9.84. The minimum atomic E-state index is -0.214. The Bertz CT molecular complexity index is 578. The molecule has 1 aromatic rings. The van der Waals surface area contributed by atoms with E-state index < -0.39 is 0 Å². The molecule has 22 heavy (non-hydrogen) atoms. The van der Waals surface area contributed by atoms with Crippen molar-refractivity contribution in [2.24, 2.45) is 5.92 Å². The van der Waals surface area contributed by atoms with E-state index in [4.69, 9.17) is 16.3 Å². The number of rotatable bonds is 6. The van der Waals surface area contributed by atoms with Crippen molar-refractivity contribution in [2.45, 2.75) is 46.0 Å². The number of phenols is 1. The van der Waals surface area contributed by atoms with E-state index in [0.29, 0.717) is 24.6 Å². The van der Waals surface area contributed by atoms with Crippen LogP contribution >= 0.6 is 11.6 Å². The highest BCUT2D eigenvalue weighted by molar-refractivity contribution is 6.32. The molecule has 0 saturated heterocycles. The summed E-state index contributed by atoms with van der Waals surface area (Å²) in [5.74, 6) is 0.746. The molecule has 4 heteroatoms. The highest BCUT2D eigenvalue weighted by Crippen LogP contribution is 2.35. The smallest absolute Gasteiger partial charge is 0.157 e. The van der Waals surface area contributed by atoms with E-state index in [1.54, 1.807) is 12.1 Å². The maximum Gasteiger partial charge on any atom is 0.157 e. The lowest BCUT2D eigenvalue weighted by Crippen LogP contribution is -2.13. The second-order valence-electron chi connectivity index (χ2n) is 5.86. The van der Waals surface area contributed by atoms with Crippen molar-refractivity contribution in [1.29, 1.82) is 0 Å². The first kappa shape index (κ1) is 16.9. The van der Waals surface area contributed by atoms with Gasteiger partial charge in [-0.3, -0.25) is 4.79 Å². The molecule has 3 nitrogen and oxygen atoms in total. The van der Waals surface area contributed by atoms with Gasteiger partial charge in [0.25, 0.3) is 0 Å². The van der Waals surface area contributed by atoms with E-state index in [0.717, 1.165) is 19.3 Å². The Morgan fingerprint density at radius 3 is 2.77 bits per heavy atom. The van der Waals surface area contributed by atoms with Gasteiger partial charge in [-0.2, -0.15) is 0 Å². The van der Waals surface area contributed by atoms with Crippen LogP contribution in [0.15, 0.2) is 23.3 Å². The monoisotopic (exact) mass is 322 g/mol. The number of aromatic hydroxyl groups is 1. The zero-order chi connectivity index (χ0) is 16.1. The van der Waals surface area contributed by atoms with E-state index >= 15 is 0 Å². The van der Waals surface area contributed by atoms with Crippen molar-refractivity contribution in [1.82, 2.24) is 0 Å². The Morgan fingerprint density at radius 1 is 1.36 bits per heavy atom. The number of ether oxygens (including phenoxy) is 1. The van der Waals surface area contributed by atoms with Gasteiger partial charge in [0.2, 0.25) is 0 Å². The van der Waals surface area contributed by atoms with Crippen LogP contribution in [0.5, 0.6) is 11.5 Å². The normalized spacial score (nSPS) is 16.5. The first-order valence-corrected chi connectivity index (χ1v) is 8.26. The molecule has 120 valence electrons. The van der Waals surface area contributed by atoms with E-state index in [9.17, 15) is 9.90 Å². The first-order chi connectivity index (χ1) is 10.6. The van der Waals surface area contributed by atoms with Gasteiger partial charge in [0, 0.05) is 0 Å². The van der Waals surface area contributed by atoms with Crippen LogP contribution in [0.1, 0.15) is 56.3 Å². The Morgan fingerprint density at radius 2 is 2.09 bits per heavy atom. The third-order valence-corrected chi connectivity index (χ3v) is 4.79. The number of benzene rings is 1. The molecule has 0 amide bonds. The number of halogens is 1. The fourth-order valence-corrected chi connectivity index (χ4v) is 3.13. The molecule has 1 N–H and O–H groups in total. The Labute approximate surface area is 136 Å². The van der Waals surface area contributed by atoms with Crippen molar-refractivity contribution >= 4 is 17.9 Å². The summed E-state index contributed by atoms with van der Waals surface area (Å²) >= 11 is 5.82. The van der Waals surface area contributed by atoms with Crippen molar-refractivity contribution in [2.75, 3.05) is 6.61 Å². The summed E-state index contributed by atoms with van der Waals surface area (Å²) in [7, 11) is 0. The van der Waals surface area contributed by atoms with E-state index in [2.05, 4.69) is 13.8 Å². The second kappa shape index (κ2) is 7.68. The fraction of sp³-hybridized carbons (Fsp3) is 0.500. The molecule has 0 spiro atoms. The molecule has 2 rings (SSSR count). The summed E-state index contributed by atoms with van der Waals surface area (Å²) in [4.78, 5) is 11.2. The van der Waals surface area contributed by atoms with E-state index in [-0.39, 0.29) is 16.3 Å². The molecule has 1 aliphatic carbocycles. The van der Waals surface area contributed by atoms with Crippen LogP contribution in [-0.2, 0) is 0 Å². The van der Waals surface area contributed by atoms with Crippen molar-refractivity contribution in [3.8, 4) is 11.5 Å². The molecular weight excluding hydrogens is 300 g/mol. The predicted octanol–water partition coefficient (Wildman–Crippen LogP) is 5.15. The van der Waals surface area contributed by atoms with Gasteiger partial charge in [0.15, 0.2) is 6.29 Å². The standard InChI is InChI=1S/C18H23ClO3/c1-3-12(2)14-7-5-4-6-13(14)11-22-17-9-8-16(19)18(21)15(17)10-20/h8-10,12,21H,3-7,11H2,1-2H3. The summed E-state index contributed by atoms with van der Waals surface area (Å²) < 4.78 is 5.82. The second-order valence-corrected chi connectivity index (χ2v) is 6.27. The number of carbonyl (C=O) groups is 1. The number of aldehydes is 1. The number of allylic oxidation sites excluding steroid dienone is 1. The number of hydrogen-bond acceptors (Lipinski definition) is 3. The molecule has 1 aromatic carbocycles. The molecule has 1 atom stereocenters. The topological polar surface area (TPSA) is 46.5 Å². The fourth-order valence-electron chi connectivity index (χ4n) is 2.96. The van der Waals surface area contributed by atoms with Crippen molar-refractivity contribution < 1.29 is 14.6 Å². The molecule has 1 aliphatic rings. The number of hydrogen-bond donors (Lipinski definition) is 1. The summed E-state index contributed by atoms with van der Waals surface area (Å²) in [5, 5.41) is 10.00. The Kier molecular flexibility index (Phi) is 5.90. The minimum Gasteiger partial charge on any atom is -0.505 e. The van der Waals surface area contributed by atoms with Crippen LogP contribution in [-0.4, -0.2) is 18.0 Å².